The molecule has 1 N–H and O–H groups in total. The summed E-state index contributed by atoms with van der Waals surface area (Å²) in [6.07, 6.45) is 5.39. The third kappa shape index (κ3) is 5.67. The number of aromatic nitrogens is 1. The van der Waals surface area contributed by atoms with Crippen LogP contribution in [-0.4, -0.2) is 32.1 Å². The molecule has 0 aliphatic heterocycles. The second-order valence-corrected chi connectivity index (χ2v) is 9.24. The highest BCUT2D eigenvalue weighted by atomic mass is 32.2. The zero-order valence-electron chi connectivity index (χ0n) is 17.3. The Kier molecular flexibility index (Phi) is 6.52. The van der Waals surface area contributed by atoms with Crippen LogP contribution in [0.1, 0.15) is 22.3 Å². The van der Waals surface area contributed by atoms with E-state index in [1.807, 2.05) is 62.4 Å². The van der Waals surface area contributed by atoms with Gasteiger partial charge in [0.05, 0.1) is 11.9 Å². The Bertz CT molecular complexity index is 1130. The van der Waals surface area contributed by atoms with E-state index in [9.17, 15) is 13.2 Å². The first-order chi connectivity index (χ1) is 14.2. The van der Waals surface area contributed by atoms with E-state index < -0.39 is 15.9 Å². The van der Waals surface area contributed by atoms with Crippen LogP contribution >= 0.6 is 0 Å². The number of amides is 1. The topological polar surface area (TPSA) is 79.4 Å². The SMILES string of the molecule is Cc1ccc(C)c(N(CC(=O)Nc2ccc(Cc3ccncc3)cc2)S(C)(=O)=O)c1. The lowest BCUT2D eigenvalue weighted by Gasteiger charge is -2.24. The number of anilines is 2. The summed E-state index contributed by atoms with van der Waals surface area (Å²) in [4.78, 5) is 16.6. The van der Waals surface area contributed by atoms with Crippen LogP contribution < -0.4 is 9.62 Å². The maximum Gasteiger partial charge on any atom is 0.245 e. The molecule has 0 atom stereocenters. The molecule has 0 bridgehead atoms. The lowest BCUT2D eigenvalue weighted by atomic mass is 10.1. The monoisotopic (exact) mass is 423 g/mol. The molecule has 0 fully saturated rings. The van der Waals surface area contributed by atoms with Gasteiger partial charge in [-0.25, -0.2) is 8.42 Å². The van der Waals surface area contributed by atoms with Crippen LogP contribution in [0, 0.1) is 13.8 Å². The van der Waals surface area contributed by atoms with Crippen LogP contribution in [0.5, 0.6) is 0 Å². The first-order valence-electron chi connectivity index (χ1n) is 9.55. The standard InChI is InChI=1S/C23H25N3O3S/c1-17-4-5-18(2)22(14-17)26(30(3,28)29)16-23(27)25-21-8-6-19(7-9-21)15-20-10-12-24-13-11-20/h4-14H,15-16H2,1-3H3,(H,25,27). The minimum atomic E-state index is -3.62. The van der Waals surface area contributed by atoms with Gasteiger partial charge in [-0.2, -0.15) is 0 Å². The van der Waals surface area contributed by atoms with Crippen molar-refractivity contribution in [3.8, 4) is 0 Å². The fourth-order valence-corrected chi connectivity index (χ4v) is 4.05. The predicted octanol–water partition coefficient (Wildman–Crippen LogP) is 3.69. The van der Waals surface area contributed by atoms with Gasteiger partial charge in [-0.3, -0.25) is 14.1 Å². The summed E-state index contributed by atoms with van der Waals surface area (Å²) in [7, 11) is -3.62. The van der Waals surface area contributed by atoms with Crippen LogP contribution in [0.3, 0.4) is 0 Å². The maximum atomic E-state index is 12.6. The summed E-state index contributed by atoms with van der Waals surface area (Å²) in [6, 6.07) is 17.0. The van der Waals surface area contributed by atoms with Crippen LogP contribution in [0.25, 0.3) is 0 Å². The number of hydrogen-bond donors (Lipinski definition) is 1. The van der Waals surface area contributed by atoms with Crippen molar-refractivity contribution in [2.75, 3.05) is 22.4 Å². The smallest absolute Gasteiger partial charge is 0.245 e. The molecule has 1 amide bonds. The fraction of sp³-hybridized carbons (Fsp3) is 0.217. The molecule has 0 unspecified atom stereocenters. The molecule has 156 valence electrons. The summed E-state index contributed by atoms with van der Waals surface area (Å²) in [5, 5.41) is 2.78. The zero-order valence-corrected chi connectivity index (χ0v) is 18.1. The first kappa shape index (κ1) is 21.5. The van der Waals surface area contributed by atoms with E-state index in [-0.39, 0.29) is 6.54 Å². The Hall–Kier alpha value is -3.19. The molecule has 3 aromatic rings. The van der Waals surface area contributed by atoms with E-state index in [1.165, 1.54) is 0 Å². The van der Waals surface area contributed by atoms with Crippen molar-refractivity contribution >= 4 is 27.3 Å². The van der Waals surface area contributed by atoms with Crippen LogP contribution in [0.4, 0.5) is 11.4 Å². The van der Waals surface area contributed by atoms with E-state index in [0.717, 1.165) is 39.2 Å². The molecule has 0 spiro atoms. The van der Waals surface area contributed by atoms with Gasteiger partial charge >= 0.3 is 0 Å². The number of aryl methyl sites for hydroxylation is 2. The highest BCUT2D eigenvalue weighted by molar-refractivity contribution is 7.92. The molecule has 1 aromatic heterocycles. The van der Waals surface area contributed by atoms with E-state index in [0.29, 0.717) is 11.4 Å². The van der Waals surface area contributed by atoms with E-state index in [1.54, 1.807) is 18.5 Å². The number of hydrogen-bond acceptors (Lipinski definition) is 4. The minimum absolute atomic E-state index is 0.290. The number of nitrogens with zero attached hydrogens (tertiary/aromatic N) is 2. The lowest BCUT2D eigenvalue weighted by molar-refractivity contribution is -0.114. The third-order valence-electron chi connectivity index (χ3n) is 4.72. The molecule has 30 heavy (non-hydrogen) atoms. The fourth-order valence-electron chi connectivity index (χ4n) is 3.14. The summed E-state index contributed by atoms with van der Waals surface area (Å²) in [6.45, 7) is 3.42. The van der Waals surface area contributed by atoms with Gasteiger partial charge < -0.3 is 5.32 Å². The maximum absolute atomic E-state index is 12.6. The van der Waals surface area contributed by atoms with Gasteiger partial charge in [0.25, 0.3) is 0 Å². The molecule has 6 nitrogen and oxygen atoms in total. The molecular weight excluding hydrogens is 398 g/mol. The molecule has 3 rings (SSSR count). The normalized spacial score (nSPS) is 11.2. The second kappa shape index (κ2) is 9.09. The highest BCUT2D eigenvalue weighted by Crippen LogP contribution is 2.24. The largest absolute Gasteiger partial charge is 0.325 e. The Balaban J connectivity index is 1.70. The first-order valence-corrected chi connectivity index (χ1v) is 11.4. The number of pyridine rings is 1. The average Bonchev–Trinajstić information content (AvgIpc) is 2.70. The lowest BCUT2D eigenvalue weighted by Crippen LogP contribution is -2.37. The van der Waals surface area contributed by atoms with Crippen LogP contribution in [0.2, 0.25) is 0 Å². The van der Waals surface area contributed by atoms with E-state index in [2.05, 4.69) is 10.3 Å². The minimum Gasteiger partial charge on any atom is -0.325 e. The molecule has 0 aliphatic rings. The summed E-state index contributed by atoms with van der Waals surface area (Å²) < 4.78 is 25.8. The molecule has 2 aromatic carbocycles. The van der Waals surface area contributed by atoms with Crippen LogP contribution in [0.15, 0.2) is 67.0 Å². The van der Waals surface area contributed by atoms with Crippen molar-refractivity contribution in [2.24, 2.45) is 0 Å². The summed E-state index contributed by atoms with van der Waals surface area (Å²) in [5.74, 6) is -0.400. The van der Waals surface area contributed by atoms with Gasteiger partial charge in [-0.05, 0) is 72.9 Å². The Morgan fingerprint density at radius 1 is 0.967 bits per heavy atom. The van der Waals surface area contributed by atoms with Gasteiger partial charge in [-0.15, -0.1) is 0 Å². The highest BCUT2D eigenvalue weighted by Gasteiger charge is 2.22. The molecule has 0 radical (unpaired) electrons. The van der Waals surface area contributed by atoms with E-state index >= 15 is 0 Å². The van der Waals surface area contributed by atoms with Crippen molar-refractivity contribution < 1.29 is 13.2 Å². The number of rotatable bonds is 7. The van der Waals surface area contributed by atoms with E-state index in [4.69, 9.17) is 0 Å². The average molecular weight is 424 g/mol. The zero-order chi connectivity index (χ0) is 21.7. The van der Waals surface area contributed by atoms with Gasteiger partial charge in [0.15, 0.2) is 0 Å². The molecule has 0 saturated carbocycles. The number of carbonyl (C=O) groups is 1. The van der Waals surface area contributed by atoms with Crippen molar-refractivity contribution in [3.05, 3.63) is 89.2 Å². The quantitative estimate of drug-likeness (QED) is 0.629. The molecule has 0 aliphatic carbocycles. The Labute approximate surface area is 177 Å². The van der Waals surface area contributed by atoms with Gasteiger partial charge in [0.2, 0.25) is 15.9 Å². The van der Waals surface area contributed by atoms with Crippen LogP contribution in [-0.2, 0) is 21.2 Å². The summed E-state index contributed by atoms with van der Waals surface area (Å²) >= 11 is 0. The number of carbonyl (C=O) groups excluding carboxylic acids is 1. The van der Waals surface area contributed by atoms with Crippen molar-refractivity contribution in [1.29, 1.82) is 0 Å². The molecule has 7 heteroatoms. The Morgan fingerprint density at radius 3 is 2.23 bits per heavy atom. The van der Waals surface area contributed by atoms with Gasteiger partial charge in [-0.1, -0.05) is 24.3 Å². The van der Waals surface area contributed by atoms with Gasteiger partial charge in [0, 0.05) is 18.1 Å². The summed E-state index contributed by atoms with van der Waals surface area (Å²) in [5.41, 5.74) is 5.11. The molecule has 1 heterocycles. The number of benzene rings is 2. The number of nitrogens with one attached hydrogen (secondary N) is 1. The number of sulfonamides is 1. The van der Waals surface area contributed by atoms with Crippen molar-refractivity contribution in [1.82, 2.24) is 4.98 Å². The Morgan fingerprint density at radius 2 is 1.60 bits per heavy atom. The third-order valence-corrected chi connectivity index (χ3v) is 5.84. The predicted molar refractivity (Wildman–Crippen MR) is 120 cm³/mol. The van der Waals surface area contributed by atoms with Crippen molar-refractivity contribution in [2.45, 2.75) is 20.3 Å². The second-order valence-electron chi connectivity index (χ2n) is 7.34. The van der Waals surface area contributed by atoms with Gasteiger partial charge in [0.1, 0.15) is 6.54 Å². The van der Waals surface area contributed by atoms with Crippen molar-refractivity contribution in [3.63, 3.8) is 0 Å². The molecule has 0 saturated heterocycles. The molecular formula is C23H25N3O3S.